The van der Waals surface area contributed by atoms with Gasteiger partial charge >= 0.3 is 0 Å². The van der Waals surface area contributed by atoms with Crippen LogP contribution in [0.5, 0.6) is 0 Å². The van der Waals surface area contributed by atoms with Crippen LogP contribution in [0.2, 0.25) is 0 Å². The van der Waals surface area contributed by atoms with E-state index in [1.54, 1.807) is 0 Å². The second-order valence-electron chi connectivity index (χ2n) is 5.08. The van der Waals surface area contributed by atoms with Crippen molar-refractivity contribution in [1.82, 2.24) is 5.43 Å². The minimum absolute atomic E-state index is 0.282. The first-order valence-electron chi connectivity index (χ1n) is 6.35. The highest BCUT2D eigenvalue weighted by molar-refractivity contribution is 7.80. The summed E-state index contributed by atoms with van der Waals surface area (Å²) in [6, 6.07) is 0. The van der Waals surface area contributed by atoms with E-state index in [0.29, 0.717) is 5.41 Å². The van der Waals surface area contributed by atoms with Gasteiger partial charge in [-0.05, 0) is 44.3 Å². The Labute approximate surface area is 103 Å². The fourth-order valence-electron chi connectivity index (χ4n) is 3.23. The summed E-state index contributed by atoms with van der Waals surface area (Å²) in [7, 11) is 0. The summed E-state index contributed by atoms with van der Waals surface area (Å²) in [6.45, 7) is 0. The minimum atomic E-state index is 0.282. The predicted molar refractivity (Wildman–Crippen MR) is 71.3 cm³/mol. The molecule has 2 aliphatic carbocycles. The summed E-state index contributed by atoms with van der Waals surface area (Å²) in [5, 5.41) is 4.74. The van der Waals surface area contributed by atoms with Gasteiger partial charge in [0.25, 0.3) is 0 Å². The molecule has 0 saturated heterocycles. The molecule has 1 spiro atoms. The minimum Gasteiger partial charge on any atom is -0.375 e. The molecule has 2 rings (SSSR count). The van der Waals surface area contributed by atoms with Gasteiger partial charge in [0, 0.05) is 11.1 Å². The lowest BCUT2D eigenvalue weighted by atomic mass is 9.64. The molecule has 0 bridgehead atoms. The van der Waals surface area contributed by atoms with Crippen molar-refractivity contribution in [2.75, 3.05) is 0 Å². The van der Waals surface area contributed by atoms with E-state index < -0.39 is 0 Å². The maximum absolute atomic E-state index is 5.44. The van der Waals surface area contributed by atoms with Crippen LogP contribution in [0.4, 0.5) is 0 Å². The van der Waals surface area contributed by atoms with E-state index in [2.05, 4.69) is 10.5 Å². The van der Waals surface area contributed by atoms with Gasteiger partial charge in [0.15, 0.2) is 5.11 Å². The van der Waals surface area contributed by atoms with Gasteiger partial charge in [0.1, 0.15) is 0 Å². The van der Waals surface area contributed by atoms with Crippen LogP contribution in [0.25, 0.3) is 0 Å². The maximum atomic E-state index is 5.44. The first-order chi connectivity index (χ1) is 7.73. The van der Waals surface area contributed by atoms with Crippen molar-refractivity contribution in [3.63, 3.8) is 0 Å². The van der Waals surface area contributed by atoms with E-state index in [1.165, 1.54) is 57.1 Å². The molecule has 2 aliphatic rings. The van der Waals surface area contributed by atoms with E-state index in [4.69, 9.17) is 18.0 Å². The average Bonchev–Trinajstić information content (AvgIpc) is 2.29. The van der Waals surface area contributed by atoms with Gasteiger partial charge in [0.2, 0.25) is 0 Å². The molecule has 0 amide bonds. The van der Waals surface area contributed by atoms with Gasteiger partial charge in [-0.3, -0.25) is 5.43 Å². The van der Waals surface area contributed by atoms with Crippen LogP contribution >= 0.6 is 12.2 Å². The molecule has 0 unspecified atom stereocenters. The van der Waals surface area contributed by atoms with Crippen LogP contribution in [-0.2, 0) is 0 Å². The highest BCUT2D eigenvalue weighted by Gasteiger charge is 2.38. The van der Waals surface area contributed by atoms with Gasteiger partial charge in [-0.15, -0.1) is 0 Å². The van der Waals surface area contributed by atoms with Crippen molar-refractivity contribution in [1.29, 1.82) is 0 Å². The zero-order chi connectivity index (χ0) is 11.4. The Hall–Kier alpha value is -0.640. The lowest BCUT2D eigenvalue weighted by Crippen LogP contribution is -2.38. The van der Waals surface area contributed by atoms with Crippen molar-refractivity contribution in [2.45, 2.75) is 57.8 Å². The van der Waals surface area contributed by atoms with Crippen LogP contribution < -0.4 is 11.2 Å². The number of nitrogens with one attached hydrogen (secondary N) is 1. The maximum Gasteiger partial charge on any atom is 0.184 e. The third-order valence-corrected chi connectivity index (χ3v) is 4.13. The van der Waals surface area contributed by atoms with Gasteiger partial charge in [-0.1, -0.05) is 25.7 Å². The topological polar surface area (TPSA) is 50.4 Å². The number of nitrogens with zero attached hydrogens (tertiary/aromatic N) is 1. The normalized spacial score (nSPS) is 26.9. The lowest BCUT2D eigenvalue weighted by Gasteiger charge is -2.41. The molecule has 0 atom stereocenters. The molecule has 4 heteroatoms. The second-order valence-corrected chi connectivity index (χ2v) is 5.52. The van der Waals surface area contributed by atoms with Crippen LogP contribution in [0.1, 0.15) is 57.8 Å². The van der Waals surface area contributed by atoms with Gasteiger partial charge in [0.05, 0.1) is 0 Å². The van der Waals surface area contributed by atoms with Crippen molar-refractivity contribution < 1.29 is 0 Å². The van der Waals surface area contributed by atoms with Crippen LogP contribution in [0.15, 0.2) is 5.10 Å². The summed E-state index contributed by atoms with van der Waals surface area (Å²) in [4.78, 5) is 0. The molecule has 0 aromatic rings. The molecular formula is C12H21N3S. The Morgan fingerprint density at radius 1 is 1.12 bits per heavy atom. The molecule has 0 aromatic carbocycles. The summed E-state index contributed by atoms with van der Waals surface area (Å²) in [6.07, 6.45) is 11.8. The van der Waals surface area contributed by atoms with Gasteiger partial charge < -0.3 is 5.73 Å². The summed E-state index contributed by atoms with van der Waals surface area (Å²) >= 11 is 4.81. The molecule has 16 heavy (non-hydrogen) atoms. The number of nitrogens with two attached hydrogens (primary N) is 1. The largest absolute Gasteiger partial charge is 0.375 e. The molecule has 0 aromatic heterocycles. The third-order valence-electron chi connectivity index (χ3n) is 4.04. The molecule has 0 aliphatic heterocycles. The molecule has 3 N–H and O–H groups in total. The van der Waals surface area contributed by atoms with Crippen molar-refractivity contribution >= 4 is 23.0 Å². The smallest absolute Gasteiger partial charge is 0.184 e. The number of hydrazone groups is 1. The molecule has 0 radical (unpaired) electrons. The predicted octanol–water partition coefficient (Wildman–Crippen LogP) is 2.70. The summed E-state index contributed by atoms with van der Waals surface area (Å²) in [5.74, 6) is 0. The SMILES string of the molecule is NC(=S)N/N=C1\CCCCC12CCCCC2. The second kappa shape index (κ2) is 5.13. The highest BCUT2D eigenvalue weighted by Crippen LogP contribution is 2.45. The molecule has 2 fully saturated rings. The Kier molecular flexibility index (Phi) is 3.79. The van der Waals surface area contributed by atoms with Crippen molar-refractivity contribution in [2.24, 2.45) is 16.3 Å². The van der Waals surface area contributed by atoms with E-state index in [1.807, 2.05) is 0 Å². The van der Waals surface area contributed by atoms with Crippen LogP contribution in [0, 0.1) is 5.41 Å². The van der Waals surface area contributed by atoms with Gasteiger partial charge in [-0.25, -0.2) is 0 Å². The first kappa shape index (κ1) is 11.8. The average molecular weight is 239 g/mol. The van der Waals surface area contributed by atoms with E-state index in [0.717, 1.165) is 6.42 Å². The van der Waals surface area contributed by atoms with E-state index >= 15 is 0 Å². The molecule has 2 saturated carbocycles. The fourth-order valence-corrected chi connectivity index (χ4v) is 3.28. The third kappa shape index (κ3) is 2.54. The van der Waals surface area contributed by atoms with Crippen molar-refractivity contribution in [3.8, 4) is 0 Å². The Morgan fingerprint density at radius 2 is 1.75 bits per heavy atom. The fraction of sp³-hybridized carbons (Fsp3) is 0.833. The van der Waals surface area contributed by atoms with Crippen molar-refractivity contribution in [3.05, 3.63) is 0 Å². The number of thiocarbonyl (C=S) groups is 1. The van der Waals surface area contributed by atoms with E-state index in [-0.39, 0.29) is 5.11 Å². The zero-order valence-electron chi connectivity index (χ0n) is 9.80. The standard InChI is InChI=1S/C12H21N3S/c13-11(16)15-14-10-6-2-5-9-12(10)7-3-1-4-8-12/h1-9H2,(H3,13,15,16)/b14-10+. The van der Waals surface area contributed by atoms with Crippen LogP contribution in [0.3, 0.4) is 0 Å². The zero-order valence-corrected chi connectivity index (χ0v) is 10.6. The van der Waals surface area contributed by atoms with Gasteiger partial charge in [-0.2, -0.15) is 5.10 Å². The summed E-state index contributed by atoms with van der Waals surface area (Å²) < 4.78 is 0. The Bertz CT molecular complexity index is 284. The quantitative estimate of drug-likeness (QED) is 0.546. The highest BCUT2D eigenvalue weighted by atomic mass is 32.1. The Balaban J connectivity index is 2.12. The Morgan fingerprint density at radius 3 is 2.38 bits per heavy atom. The lowest BCUT2D eigenvalue weighted by molar-refractivity contribution is 0.239. The monoisotopic (exact) mass is 239 g/mol. The first-order valence-corrected chi connectivity index (χ1v) is 6.76. The number of hydrogen-bond acceptors (Lipinski definition) is 2. The molecule has 0 heterocycles. The number of hydrogen-bond donors (Lipinski definition) is 2. The number of rotatable bonds is 1. The van der Waals surface area contributed by atoms with Crippen LogP contribution in [-0.4, -0.2) is 10.8 Å². The molecule has 3 nitrogen and oxygen atoms in total. The van der Waals surface area contributed by atoms with E-state index in [9.17, 15) is 0 Å². The molecular weight excluding hydrogens is 218 g/mol. The summed E-state index contributed by atoms with van der Waals surface area (Å²) in [5.41, 5.74) is 9.93. The molecule has 90 valence electrons.